The minimum atomic E-state index is -0.439. The van der Waals surface area contributed by atoms with E-state index in [0.29, 0.717) is 12.3 Å². The Morgan fingerprint density at radius 1 is 1.26 bits per heavy atom. The fourth-order valence-electron chi connectivity index (χ4n) is 2.01. The van der Waals surface area contributed by atoms with E-state index in [1.165, 1.54) is 0 Å². The maximum atomic E-state index is 12.2. The molecule has 1 amide bonds. The van der Waals surface area contributed by atoms with Crippen molar-refractivity contribution in [2.75, 3.05) is 13.1 Å². The molecule has 1 rings (SSSR count). The van der Waals surface area contributed by atoms with Gasteiger partial charge in [0.2, 0.25) is 5.91 Å². The summed E-state index contributed by atoms with van der Waals surface area (Å²) in [4.78, 5) is 14.1. The van der Waals surface area contributed by atoms with Crippen LogP contribution in [0.3, 0.4) is 0 Å². The van der Waals surface area contributed by atoms with Crippen LogP contribution in [-0.2, 0) is 11.2 Å². The molecule has 4 heteroatoms. The summed E-state index contributed by atoms with van der Waals surface area (Å²) < 4.78 is 0. The topological polar surface area (TPSA) is 46.3 Å². The molecule has 3 nitrogen and oxygen atoms in total. The van der Waals surface area contributed by atoms with Crippen molar-refractivity contribution in [1.29, 1.82) is 0 Å². The van der Waals surface area contributed by atoms with Gasteiger partial charge in [0.25, 0.3) is 0 Å². The monoisotopic (exact) mass is 284 g/mol. The third-order valence-corrected chi connectivity index (χ3v) is 2.89. The van der Waals surface area contributed by atoms with Crippen molar-refractivity contribution in [1.82, 2.24) is 4.90 Å². The first-order chi connectivity index (χ1) is 8.54. The molecule has 1 atom stereocenters. The van der Waals surface area contributed by atoms with Gasteiger partial charge in [0, 0.05) is 13.1 Å². The van der Waals surface area contributed by atoms with Gasteiger partial charge in [0.05, 0.1) is 6.04 Å². The number of nitrogens with zero attached hydrogens (tertiary/aromatic N) is 1. The van der Waals surface area contributed by atoms with E-state index in [-0.39, 0.29) is 18.3 Å². The molecule has 0 saturated heterocycles. The summed E-state index contributed by atoms with van der Waals surface area (Å²) in [6.45, 7) is 7.71. The number of hydrogen-bond acceptors (Lipinski definition) is 2. The van der Waals surface area contributed by atoms with E-state index in [1.54, 1.807) is 0 Å². The molecule has 1 unspecified atom stereocenters. The minimum Gasteiger partial charge on any atom is -0.341 e. The highest BCUT2D eigenvalue weighted by atomic mass is 35.5. The van der Waals surface area contributed by atoms with Gasteiger partial charge in [-0.2, -0.15) is 0 Å². The van der Waals surface area contributed by atoms with Crippen LogP contribution in [0.1, 0.15) is 26.3 Å². The third kappa shape index (κ3) is 6.08. The molecule has 0 aliphatic carbocycles. The summed E-state index contributed by atoms with van der Waals surface area (Å²) in [6.07, 6.45) is 0.605. The highest BCUT2D eigenvalue weighted by molar-refractivity contribution is 5.85. The number of rotatable bonds is 6. The molecule has 1 aromatic carbocycles. The summed E-state index contributed by atoms with van der Waals surface area (Å²) in [5.74, 6) is 0.521. The van der Waals surface area contributed by atoms with E-state index in [2.05, 4.69) is 13.8 Å². The summed E-state index contributed by atoms with van der Waals surface area (Å²) in [6, 6.07) is 9.48. The van der Waals surface area contributed by atoms with Gasteiger partial charge < -0.3 is 10.6 Å². The number of benzene rings is 1. The van der Waals surface area contributed by atoms with E-state index in [4.69, 9.17) is 5.73 Å². The first-order valence-corrected chi connectivity index (χ1v) is 6.62. The van der Waals surface area contributed by atoms with Crippen LogP contribution >= 0.6 is 12.4 Å². The smallest absolute Gasteiger partial charge is 0.239 e. The van der Waals surface area contributed by atoms with E-state index in [1.807, 2.05) is 42.2 Å². The normalized spacial score (nSPS) is 11.8. The zero-order valence-corrected chi connectivity index (χ0v) is 12.8. The number of carbonyl (C=O) groups excluding carboxylic acids is 1. The Bertz CT molecular complexity index is 368. The van der Waals surface area contributed by atoms with Crippen LogP contribution in [-0.4, -0.2) is 29.9 Å². The molecule has 0 fully saturated rings. The molecular weight excluding hydrogens is 260 g/mol. The lowest BCUT2D eigenvalue weighted by Crippen LogP contribution is -2.46. The fourth-order valence-corrected chi connectivity index (χ4v) is 2.01. The second-order valence-electron chi connectivity index (χ2n) is 5.07. The Morgan fingerprint density at radius 2 is 1.84 bits per heavy atom. The zero-order valence-electron chi connectivity index (χ0n) is 12.0. The Balaban J connectivity index is 0.00000324. The number of carbonyl (C=O) groups is 1. The second-order valence-corrected chi connectivity index (χ2v) is 5.07. The molecular formula is C15H25ClN2O. The van der Waals surface area contributed by atoms with Crippen molar-refractivity contribution in [3.63, 3.8) is 0 Å². The molecule has 0 aliphatic heterocycles. The Morgan fingerprint density at radius 3 is 2.32 bits per heavy atom. The molecule has 0 aromatic heterocycles. The van der Waals surface area contributed by atoms with Crippen molar-refractivity contribution in [3.05, 3.63) is 35.9 Å². The molecule has 0 heterocycles. The van der Waals surface area contributed by atoms with Crippen LogP contribution in [0.4, 0.5) is 0 Å². The number of amides is 1. The Labute approximate surface area is 122 Å². The van der Waals surface area contributed by atoms with Crippen LogP contribution in [0.2, 0.25) is 0 Å². The molecule has 0 saturated carbocycles. The number of likely N-dealkylation sites (N-methyl/N-ethyl adjacent to an activating group) is 1. The molecule has 0 radical (unpaired) electrons. The lowest BCUT2D eigenvalue weighted by molar-refractivity contribution is -0.132. The SMILES string of the molecule is CCN(CC(C)C)C(=O)C(N)Cc1ccccc1.Cl. The van der Waals surface area contributed by atoms with Gasteiger partial charge >= 0.3 is 0 Å². The maximum absolute atomic E-state index is 12.2. The van der Waals surface area contributed by atoms with Gasteiger partial charge in [0.1, 0.15) is 0 Å². The Hall–Kier alpha value is -1.06. The van der Waals surface area contributed by atoms with E-state index in [0.717, 1.165) is 18.7 Å². The molecule has 0 bridgehead atoms. The third-order valence-electron chi connectivity index (χ3n) is 2.89. The molecule has 108 valence electrons. The van der Waals surface area contributed by atoms with Gasteiger partial charge in [-0.15, -0.1) is 12.4 Å². The van der Waals surface area contributed by atoms with Crippen molar-refractivity contribution in [2.24, 2.45) is 11.7 Å². The van der Waals surface area contributed by atoms with Crippen LogP contribution in [0.5, 0.6) is 0 Å². The van der Waals surface area contributed by atoms with Crippen molar-refractivity contribution < 1.29 is 4.79 Å². The lowest BCUT2D eigenvalue weighted by Gasteiger charge is -2.26. The number of nitrogens with two attached hydrogens (primary N) is 1. The summed E-state index contributed by atoms with van der Waals surface area (Å²) >= 11 is 0. The van der Waals surface area contributed by atoms with Crippen molar-refractivity contribution in [3.8, 4) is 0 Å². The van der Waals surface area contributed by atoms with Gasteiger partial charge in [-0.3, -0.25) is 4.79 Å². The van der Waals surface area contributed by atoms with E-state index in [9.17, 15) is 4.79 Å². The molecule has 0 spiro atoms. The second kappa shape index (κ2) is 8.94. The average molecular weight is 285 g/mol. The summed E-state index contributed by atoms with van der Waals surface area (Å²) in [7, 11) is 0. The first-order valence-electron chi connectivity index (χ1n) is 6.62. The van der Waals surface area contributed by atoms with E-state index >= 15 is 0 Å². The largest absolute Gasteiger partial charge is 0.341 e. The minimum absolute atomic E-state index is 0. The zero-order chi connectivity index (χ0) is 13.5. The standard InChI is InChI=1S/C15H24N2O.ClH/c1-4-17(11-12(2)3)15(18)14(16)10-13-8-6-5-7-9-13;/h5-9,12,14H,4,10-11,16H2,1-3H3;1H. The summed E-state index contributed by atoms with van der Waals surface area (Å²) in [5, 5.41) is 0. The maximum Gasteiger partial charge on any atom is 0.239 e. The summed E-state index contributed by atoms with van der Waals surface area (Å²) in [5.41, 5.74) is 7.12. The van der Waals surface area contributed by atoms with Crippen molar-refractivity contribution >= 4 is 18.3 Å². The molecule has 19 heavy (non-hydrogen) atoms. The molecule has 0 aliphatic rings. The van der Waals surface area contributed by atoms with Crippen LogP contribution in [0.15, 0.2) is 30.3 Å². The van der Waals surface area contributed by atoms with Gasteiger partial charge in [-0.25, -0.2) is 0 Å². The first kappa shape index (κ1) is 17.9. The van der Waals surface area contributed by atoms with Gasteiger partial charge in [-0.05, 0) is 24.8 Å². The van der Waals surface area contributed by atoms with Crippen LogP contribution < -0.4 is 5.73 Å². The lowest BCUT2D eigenvalue weighted by atomic mass is 10.1. The highest BCUT2D eigenvalue weighted by Crippen LogP contribution is 2.06. The van der Waals surface area contributed by atoms with Gasteiger partial charge in [0.15, 0.2) is 0 Å². The molecule has 1 aromatic rings. The number of halogens is 1. The highest BCUT2D eigenvalue weighted by Gasteiger charge is 2.20. The van der Waals surface area contributed by atoms with Gasteiger partial charge in [-0.1, -0.05) is 44.2 Å². The average Bonchev–Trinajstić information content (AvgIpc) is 2.36. The number of hydrogen-bond donors (Lipinski definition) is 1. The predicted octanol–water partition coefficient (Wildman–Crippen LogP) is 2.48. The Kier molecular flexibility index (Phi) is 8.44. The molecule has 2 N–H and O–H groups in total. The fraction of sp³-hybridized carbons (Fsp3) is 0.533. The van der Waals surface area contributed by atoms with Crippen LogP contribution in [0.25, 0.3) is 0 Å². The quantitative estimate of drug-likeness (QED) is 0.872. The van der Waals surface area contributed by atoms with Crippen LogP contribution in [0, 0.1) is 5.92 Å². The van der Waals surface area contributed by atoms with E-state index < -0.39 is 6.04 Å². The van der Waals surface area contributed by atoms with Crippen molar-refractivity contribution in [2.45, 2.75) is 33.2 Å². The predicted molar refractivity (Wildman–Crippen MR) is 82.5 cm³/mol.